The van der Waals surface area contributed by atoms with Gasteiger partial charge in [-0.05, 0) is 17.7 Å². The molecule has 7 heteroatoms. The number of carbonyl (C=O) groups excluding carboxylic acids is 1. The van der Waals surface area contributed by atoms with Crippen molar-refractivity contribution in [3.05, 3.63) is 60.1 Å². The van der Waals surface area contributed by atoms with Crippen LogP contribution in [-0.4, -0.2) is 42.8 Å². The van der Waals surface area contributed by atoms with Crippen LogP contribution in [0, 0.1) is 5.92 Å². The molecule has 1 N–H and O–H groups in total. The Bertz CT molecular complexity index is 674. The first-order valence-corrected chi connectivity index (χ1v) is 7.95. The second-order valence-corrected chi connectivity index (χ2v) is 5.77. The standard InChI is InChI=1S/C18H21NO6/c1-22-17(20)14-15(13-9-6-10-24-13)19(25-16(14)18(21)23-2)11-12-7-4-3-5-8-12/h3-10,14-16,18,21H,11H2,1-2H3/t14-,15-,16-,18+/m0/s1. The van der Waals surface area contributed by atoms with Crippen LogP contribution in [0.5, 0.6) is 0 Å². The Kier molecular flexibility index (Phi) is 5.50. The number of aliphatic hydroxyl groups is 1. The summed E-state index contributed by atoms with van der Waals surface area (Å²) in [6.07, 6.45) is -0.650. The molecule has 1 fully saturated rings. The Labute approximate surface area is 145 Å². The highest BCUT2D eigenvalue weighted by Crippen LogP contribution is 2.42. The van der Waals surface area contributed by atoms with E-state index >= 15 is 0 Å². The van der Waals surface area contributed by atoms with Crippen molar-refractivity contribution in [2.75, 3.05) is 14.2 Å². The molecule has 0 aliphatic carbocycles. The molecule has 25 heavy (non-hydrogen) atoms. The fourth-order valence-corrected chi connectivity index (χ4v) is 3.09. The van der Waals surface area contributed by atoms with Gasteiger partial charge >= 0.3 is 5.97 Å². The lowest BCUT2D eigenvalue weighted by molar-refractivity contribution is -0.238. The van der Waals surface area contributed by atoms with E-state index in [4.69, 9.17) is 18.7 Å². The third-order valence-corrected chi connectivity index (χ3v) is 4.27. The molecule has 3 rings (SSSR count). The minimum atomic E-state index is -1.28. The van der Waals surface area contributed by atoms with Gasteiger partial charge in [-0.1, -0.05) is 30.3 Å². The lowest BCUT2D eigenvalue weighted by Gasteiger charge is -2.22. The number of furan rings is 1. The van der Waals surface area contributed by atoms with Crippen LogP contribution in [0.1, 0.15) is 17.4 Å². The van der Waals surface area contributed by atoms with Crippen molar-refractivity contribution < 1.29 is 28.6 Å². The van der Waals surface area contributed by atoms with Gasteiger partial charge < -0.3 is 19.0 Å². The summed E-state index contributed by atoms with van der Waals surface area (Å²) in [4.78, 5) is 18.3. The van der Waals surface area contributed by atoms with Gasteiger partial charge in [-0.25, -0.2) is 0 Å². The van der Waals surface area contributed by atoms with Crippen LogP contribution in [0.2, 0.25) is 0 Å². The fraction of sp³-hybridized carbons (Fsp3) is 0.389. The minimum absolute atomic E-state index is 0.409. The maximum absolute atomic E-state index is 12.4. The largest absolute Gasteiger partial charge is 0.469 e. The molecule has 0 radical (unpaired) electrons. The molecule has 0 saturated carbocycles. The van der Waals surface area contributed by atoms with Crippen LogP contribution in [-0.2, 0) is 25.7 Å². The average molecular weight is 347 g/mol. The molecule has 0 bridgehead atoms. The normalized spacial score (nSPS) is 25.0. The van der Waals surface area contributed by atoms with Gasteiger partial charge in [0, 0.05) is 13.7 Å². The number of methoxy groups -OCH3 is 2. The Morgan fingerprint density at radius 1 is 1.24 bits per heavy atom. The number of hydroxylamine groups is 2. The van der Waals surface area contributed by atoms with Crippen molar-refractivity contribution in [3.8, 4) is 0 Å². The van der Waals surface area contributed by atoms with E-state index in [0.29, 0.717) is 12.3 Å². The number of nitrogens with zero attached hydrogens (tertiary/aromatic N) is 1. The van der Waals surface area contributed by atoms with Crippen molar-refractivity contribution >= 4 is 5.97 Å². The van der Waals surface area contributed by atoms with E-state index in [1.807, 2.05) is 30.3 Å². The number of benzene rings is 1. The molecule has 1 aliphatic rings. The summed E-state index contributed by atoms with van der Waals surface area (Å²) < 4.78 is 15.4. The maximum atomic E-state index is 12.4. The monoisotopic (exact) mass is 347 g/mol. The molecule has 2 aromatic rings. The summed E-state index contributed by atoms with van der Waals surface area (Å²) >= 11 is 0. The highest BCUT2D eigenvalue weighted by Gasteiger charge is 2.53. The molecule has 1 aliphatic heterocycles. The molecule has 7 nitrogen and oxygen atoms in total. The number of hydrogen-bond donors (Lipinski definition) is 1. The fourth-order valence-electron chi connectivity index (χ4n) is 3.09. The number of carbonyl (C=O) groups is 1. The molecule has 0 unspecified atom stereocenters. The zero-order valence-electron chi connectivity index (χ0n) is 14.1. The molecule has 1 saturated heterocycles. The number of esters is 1. The predicted molar refractivity (Wildman–Crippen MR) is 86.8 cm³/mol. The van der Waals surface area contributed by atoms with Crippen LogP contribution < -0.4 is 0 Å². The van der Waals surface area contributed by atoms with E-state index in [1.54, 1.807) is 17.2 Å². The van der Waals surface area contributed by atoms with Gasteiger partial charge in [0.2, 0.25) is 0 Å². The molecule has 0 amide bonds. The number of ether oxygens (including phenoxy) is 2. The van der Waals surface area contributed by atoms with Crippen molar-refractivity contribution in [3.63, 3.8) is 0 Å². The molecule has 134 valence electrons. The molecule has 0 spiro atoms. The topological polar surface area (TPSA) is 81.4 Å². The Balaban J connectivity index is 1.96. The molecular weight excluding hydrogens is 326 g/mol. The van der Waals surface area contributed by atoms with Crippen molar-refractivity contribution in [1.82, 2.24) is 5.06 Å². The van der Waals surface area contributed by atoms with Crippen LogP contribution in [0.4, 0.5) is 0 Å². The number of hydrogen-bond acceptors (Lipinski definition) is 7. The Morgan fingerprint density at radius 2 is 2.00 bits per heavy atom. The van der Waals surface area contributed by atoms with Gasteiger partial charge in [0.05, 0.1) is 13.4 Å². The zero-order chi connectivity index (χ0) is 17.8. The highest BCUT2D eigenvalue weighted by atomic mass is 16.7. The van der Waals surface area contributed by atoms with Crippen molar-refractivity contribution in [2.45, 2.75) is 25.0 Å². The predicted octanol–water partition coefficient (Wildman–Crippen LogP) is 1.89. The summed E-state index contributed by atoms with van der Waals surface area (Å²) in [6.45, 7) is 0.409. The minimum Gasteiger partial charge on any atom is -0.469 e. The third kappa shape index (κ3) is 3.59. The van der Waals surface area contributed by atoms with Crippen LogP contribution >= 0.6 is 0 Å². The van der Waals surface area contributed by atoms with Gasteiger partial charge in [-0.15, -0.1) is 0 Å². The molecule has 4 atom stereocenters. The van der Waals surface area contributed by atoms with E-state index in [-0.39, 0.29) is 0 Å². The van der Waals surface area contributed by atoms with Crippen molar-refractivity contribution in [2.24, 2.45) is 5.92 Å². The van der Waals surface area contributed by atoms with Crippen molar-refractivity contribution in [1.29, 1.82) is 0 Å². The summed E-state index contributed by atoms with van der Waals surface area (Å²) in [5.74, 6) is -0.745. The average Bonchev–Trinajstić information content (AvgIpc) is 3.28. The molecular formula is C18H21NO6. The Morgan fingerprint density at radius 3 is 2.60 bits per heavy atom. The van der Waals surface area contributed by atoms with Gasteiger partial charge in [-0.3, -0.25) is 9.63 Å². The summed E-state index contributed by atoms with van der Waals surface area (Å²) in [5, 5.41) is 11.8. The third-order valence-electron chi connectivity index (χ3n) is 4.27. The number of aliphatic hydroxyl groups excluding tert-OH is 1. The van der Waals surface area contributed by atoms with Gasteiger partial charge in [-0.2, -0.15) is 5.06 Å². The second kappa shape index (κ2) is 7.79. The smallest absolute Gasteiger partial charge is 0.313 e. The van der Waals surface area contributed by atoms with E-state index < -0.39 is 30.3 Å². The van der Waals surface area contributed by atoms with E-state index in [9.17, 15) is 9.90 Å². The van der Waals surface area contributed by atoms with E-state index in [0.717, 1.165) is 5.56 Å². The first-order chi connectivity index (χ1) is 12.2. The van der Waals surface area contributed by atoms with Gasteiger partial charge in [0.15, 0.2) is 6.29 Å². The van der Waals surface area contributed by atoms with Crippen LogP contribution in [0.3, 0.4) is 0 Å². The van der Waals surface area contributed by atoms with Crippen LogP contribution in [0.25, 0.3) is 0 Å². The number of rotatable bonds is 6. The quantitative estimate of drug-likeness (QED) is 0.631. The first kappa shape index (κ1) is 17.6. The summed E-state index contributed by atoms with van der Waals surface area (Å²) in [6, 6.07) is 12.6. The van der Waals surface area contributed by atoms with E-state index in [1.165, 1.54) is 20.5 Å². The first-order valence-electron chi connectivity index (χ1n) is 7.95. The summed E-state index contributed by atoms with van der Waals surface area (Å²) in [5.41, 5.74) is 0.996. The molecule has 1 aromatic heterocycles. The molecule has 1 aromatic carbocycles. The second-order valence-electron chi connectivity index (χ2n) is 5.77. The van der Waals surface area contributed by atoms with Crippen LogP contribution in [0.15, 0.2) is 53.1 Å². The lowest BCUT2D eigenvalue weighted by atomic mass is 9.92. The molecule has 2 heterocycles. The van der Waals surface area contributed by atoms with Gasteiger partial charge in [0.25, 0.3) is 0 Å². The zero-order valence-corrected chi connectivity index (χ0v) is 14.1. The maximum Gasteiger partial charge on any atom is 0.313 e. The SMILES string of the molecule is COC(=O)[C@@H]1[C@@H]([C@H](O)OC)ON(Cc2ccccc2)[C@H]1c1ccco1. The lowest BCUT2D eigenvalue weighted by Crippen LogP contribution is -2.38. The van der Waals surface area contributed by atoms with E-state index in [2.05, 4.69) is 0 Å². The van der Waals surface area contributed by atoms with Gasteiger partial charge in [0.1, 0.15) is 23.8 Å². The highest BCUT2D eigenvalue weighted by molar-refractivity contribution is 5.74. The Hall–Kier alpha value is -2.19. The summed E-state index contributed by atoms with van der Waals surface area (Å²) in [7, 11) is 2.65.